The quantitative estimate of drug-likeness (QED) is 0.693. The summed E-state index contributed by atoms with van der Waals surface area (Å²) < 4.78 is 0. The van der Waals surface area contributed by atoms with Crippen LogP contribution in [0.4, 0.5) is 0 Å². The summed E-state index contributed by atoms with van der Waals surface area (Å²) in [6.45, 7) is 4.84. The van der Waals surface area contributed by atoms with E-state index in [0.29, 0.717) is 18.7 Å². The molecule has 1 aliphatic heterocycles. The summed E-state index contributed by atoms with van der Waals surface area (Å²) in [5.74, 6) is 0. The molecule has 0 aromatic carbocycles. The maximum absolute atomic E-state index is 9.72. The fourth-order valence-electron chi connectivity index (χ4n) is 3.72. The summed E-state index contributed by atoms with van der Waals surface area (Å²) in [5, 5.41) is 17.0. The first kappa shape index (κ1) is 15.3. The van der Waals surface area contributed by atoms with Crippen LogP contribution in [0.1, 0.15) is 64.7 Å². The standard InChI is InChI=1S/C16H32N2O/c1-14(11-15-7-3-6-10-17-15)18-12-16(13-19)8-4-2-5-9-16/h14-15,17-19H,2-13H2,1H3. The highest BCUT2D eigenvalue weighted by Crippen LogP contribution is 2.35. The fraction of sp³-hybridized carbons (Fsp3) is 1.00. The van der Waals surface area contributed by atoms with Crippen LogP contribution < -0.4 is 10.6 Å². The first-order valence-corrected chi connectivity index (χ1v) is 8.32. The number of nitrogens with one attached hydrogen (secondary N) is 2. The Morgan fingerprint density at radius 3 is 2.63 bits per heavy atom. The lowest BCUT2D eigenvalue weighted by molar-refractivity contribution is 0.0780. The van der Waals surface area contributed by atoms with Gasteiger partial charge in [0.2, 0.25) is 0 Å². The minimum atomic E-state index is 0.173. The Hall–Kier alpha value is -0.120. The molecule has 2 aliphatic rings. The Bertz CT molecular complexity index is 245. The van der Waals surface area contributed by atoms with Gasteiger partial charge in [-0.3, -0.25) is 0 Å². The molecule has 1 aliphatic carbocycles. The maximum Gasteiger partial charge on any atom is 0.0499 e. The molecule has 3 N–H and O–H groups in total. The normalized spacial score (nSPS) is 29.1. The third-order valence-electron chi connectivity index (χ3n) is 5.13. The molecular weight excluding hydrogens is 236 g/mol. The van der Waals surface area contributed by atoms with Crippen LogP contribution >= 0.6 is 0 Å². The van der Waals surface area contributed by atoms with Crippen LogP contribution in [0.3, 0.4) is 0 Å². The minimum absolute atomic E-state index is 0.173. The third-order valence-corrected chi connectivity index (χ3v) is 5.13. The van der Waals surface area contributed by atoms with Crippen molar-refractivity contribution in [3.05, 3.63) is 0 Å². The lowest BCUT2D eigenvalue weighted by Gasteiger charge is -2.37. The van der Waals surface area contributed by atoms with Crippen molar-refractivity contribution in [3.8, 4) is 0 Å². The molecule has 19 heavy (non-hydrogen) atoms. The molecule has 1 saturated carbocycles. The van der Waals surface area contributed by atoms with Crippen LogP contribution in [0.5, 0.6) is 0 Å². The first-order chi connectivity index (χ1) is 9.24. The van der Waals surface area contributed by atoms with Gasteiger partial charge in [-0.2, -0.15) is 0 Å². The molecule has 3 nitrogen and oxygen atoms in total. The lowest BCUT2D eigenvalue weighted by atomic mass is 9.74. The predicted molar refractivity (Wildman–Crippen MR) is 80.3 cm³/mol. The molecule has 2 atom stereocenters. The van der Waals surface area contributed by atoms with Gasteiger partial charge in [-0.25, -0.2) is 0 Å². The van der Waals surface area contributed by atoms with E-state index in [4.69, 9.17) is 0 Å². The van der Waals surface area contributed by atoms with E-state index in [1.807, 2.05) is 0 Å². The molecule has 0 bridgehead atoms. The summed E-state index contributed by atoms with van der Waals surface area (Å²) in [6, 6.07) is 1.26. The SMILES string of the molecule is CC(CC1CCCCN1)NCC1(CO)CCCCC1. The molecule has 2 rings (SSSR count). The number of piperidine rings is 1. The number of hydrogen-bond donors (Lipinski definition) is 3. The van der Waals surface area contributed by atoms with E-state index in [2.05, 4.69) is 17.6 Å². The molecule has 3 heteroatoms. The first-order valence-electron chi connectivity index (χ1n) is 8.32. The molecule has 1 heterocycles. The van der Waals surface area contributed by atoms with E-state index >= 15 is 0 Å². The molecule has 0 aromatic heterocycles. The third kappa shape index (κ3) is 4.73. The Labute approximate surface area is 118 Å². The highest BCUT2D eigenvalue weighted by molar-refractivity contribution is 4.86. The average Bonchev–Trinajstić information content (AvgIpc) is 2.47. The molecule has 2 fully saturated rings. The second-order valence-electron chi connectivity index (χ2n) is 6.88. The van der Waals surface area contributed by atoms with E-state index in [-0.39, 0.29) is 5.41 Å². The van der Waals surface area contributed by atoms with Crippen LogP contribution in [0.15, 0.2) is 0 Å². The fourth-order valence-corrected chi connectivity index (χ4v) is 3.72. The van der Waals surface area contributed by atoms with Crippen molar-refractivity contribution < 1.29 is 5.11 Å². The van der Waals surface area contributed by atoms with Gasteiger partial charge in [-0.1, -0.05) is 25.7 Å². The summed E-state index contributed by atoms with van der Waals surface area (Å²) >= 11 is 0. The second-order valence-corrected chi connectivity index (χ2v) is 6.88. The van der Waals surface area contributed by atoms with Gasteiger partial charge in [0, 0.05) is 30.7 Å². The molecule has 0 spiro atoms. The van der Waals surface area contributed by atoms with Crippen molar-refractivity contribution in [2.24, 2.45) is 5.41 Å². The maximum atomic E-state index is 9.72. The van der Waals surface area contributed by atoms with Gasteiger partial charge < -0.3 is 15.7 Å². The Balaban J connectivity index is 1.70. The van der Waals surface area contributed by atoms with E-state index in [9.17, 15) is 5.11 Å². The zero-order valence-corrected chi connectivity index (χ0v) is 12.6. The van der Waals surface area contributed by atoms with Crippen molar-refractivity contribution >= 4 is 0 Å². The molecule has 112 valence electrons. The van der Waals surface area contributed by atoms with Crippen molar-refractivity contribution in [1.82, 2.24) is 10.6 Å². The van der Waals surface area contributed by atoms with Crippen molar-refractivity contribution in [1.29, 1.82) is 0 Å². The number of aliphatic hydroxyl groups excluding tert-OH is 1. The zero-order chi connectivity index (χ0) is 13.6. The van der Waals surface area contributed by atoms with Gasteiger partial charge in [-0.05, 0) is 45.6 Å². The predicted octanol–water partition coefficient (Wildman–Crippen LogP) is 2.44. The Morgan fingerprint density at radius 2 is 2.00 bits per heavy atom. The van der Waals surface area contributed by atoms with Crippen molar-refractivity contribution in [2.75, 3.05) is 19.7 Å². The van der Waals surface area contributed by atoms with Gasteiger partial charge in [-0.15, -0.1) is 0 Å². The summed E-state index contributed by atoms with van der Waals surface area (Å²) in [6.07, 6.45) is 11.6. The molecule has 2 unspecified atom stereocenters. The number of rotatable bonds is 6. The van der Waals surface area contributed by atoms with E-state index in [0.717, 1.165) is 6.54 Å². The molecular formula is C16H32N2O. The largest absolute Gasteiger partial charge is 0.396 e. The van der Waals surface area contributed by atoms with Gasteiger partial charge >= 0.3 is 0 Å². The minimum Gasteiger partial charge on any atom is -0.396 e. The summed E-state index contributed by atoms with van der Waals surface area (Å²) in [4.78, 5) is 0. The molecule has 0 amide bonds. The summed E-state index contributed by atoms with van der Waals surface area (Å²) in [5.41, 5.74) is 0.173. The molecule has 1 saturated heterocycles. The monoisotopic (exact) mass is 268 g/mol. The smallest absolute Gasteiger partial charge is 0.0499 e. The Kier molecular flexibility index (Phi) is 6.11. The highest BCUT2D eigenvalue weighted by atomic mass is 16.3. The van der Waals surface area contributed by atoms with Crippen LogP contribution in [0.2, 0.25) is 0 Å². The van der Waals surface area contributed by atoms with E-state index < -0.39 is 0 Å². The Morgan fingerprint density at radius 1 is 1.21 bits per heavy atom. The van der Waals surface area contributed by atoms with Crippen molar-refractivity contribution in [2.45, 2.75) is 76.8 Å². The zero-order valence-electron chi connectivity index (χ0n) is 12.6. The van der Waals surface area contributed by atoms with Crippen LogP contribution in [0, 0.1) is 5.41 Å². The van der Waals surface area contributed by atoms with E-state index in [1.165, 1.54) is 64.3 Å². The van der Waals surface area contributed by atoms with Crippen LogP contribution in [-0.2, 0) is 0 Å². The average molecular weight is 268 g/mol. The topological polar surface area (TPSA) is 44.3 Å². The van der Waals surface area contributed by atoms with Gasteiger partial charge in [0.1, 0.15) is 0 Å². The van der Waals surface area contributed by atoms with Crippen LogP contribution in [-0.4, -0.2) is 36.9 Å². The number of aliphatic hydroxyl groups is 1. The lowest BCUT2D eigenvalue weighted by Crippen LogP contribution is -2.45. The highest BCUT2D eigenvalue weighted by Gasteiger charge is 2.31. The van der Waals surface area contributed by atoms with Gasteiger partial charge in [0.15, 0.2) is 0 Å². The molecule has 0 radical (unpaired) electrons. The van der Waals surface area contributed by atoms with Gasteiger partial charge in [0.05, 0.1) is 0 Å². The molecule has 0 aromatic rings. The number of hydrogen-bond acceptors (Lipinski definition) is 3. The summed E-state index contributed by atoms with van der Waals surface area (Å²) in [7, 11) is 0. The van der Waals surface area contributed by atoms with Crippen molar-refractivity contribution in [3.63, 3.8) is 0 Å². The van der Waals surface area contributed by atoms with E-state index in [1.54, 1.807) is 0 Å². The van der Waals surface area contributed by atoms with Crippen LogP contribution in [0.25, 0.3) is 0 Å². The van der Waals surface area contributed by atoms with Gasteiger partial charge in [0.25, 0.3) is 0 Å². The second kappa shape index (κ2) is 7.61.